The molecule has 2 aliphatic rings. The van der Waals surface area contributed by atoms with Crippen molar-refractivity contribution in [3.05, 3.63) is 0 Å². The highest BCUT2D eigenvalue weighted by molar-refractivity contribution is 5.78. The van der Waals surface area contributed by atoms with Gasteiger partial charge in [-0.2, -0.15) is 0 Å². The lowest BCUT2D eigenvalue weighted by molar-refractivity contribution is -0.131. The first-order chi connectivity index (χ1) is 8.20. The van der Waals surface area contributed by atoms with Crippen LogP contribution in [0.4, 0.5) is 0 Å². The summed E-state index contributed by atoms with van der Waals surface area (Å²) in [5, 5.41) is 0. The van der Waals surface area contributed by atoms with Crippen LogP contribution in [-0.4, -0.2) is 55.0 Å². The van der Waals surface area contributed by atoms with Gasteiger partial charge >= 0.3 is 0 Å². The predicted molar refractivity (Wildman–Crippen MR) is 68.6 cm³/mol. The first-order valence-electron chi connectivity index (χ1n) is 6.88. The molecule has 2 fully saturated rings. The van der Waals surface area contributed by atoms with Gasteiger partial charge in [0.05, 0.1) is 6.54 Å². The van der Waals surface area contributed by atoms with Gasteiger partial charge in [-0.1, -0.05) is 0 Å². The Morgan fingerprint density at radius 1 is 1.29 bits per heavy atom. The topological polar surface area (TPSA) is 49.6 Å². The van der Waals surface area contributed by atoms with Crippen molar-refractivity contribution in [3.8, 4) is 0 Å². The van der Waals surface area contributed by atoms with Crippen LogP contribution in [0.5, 0.6) is 0 Å². The SMILES string of the molecule is CN(CCCN)C(=O)CN(CC1CC1)C1CC1. The van der Waals surface area contributed by atoms with Crippen LogP contribution in [0.15, 0.2) is 0 Å². The molecule has 2 aliphatic carbocycles. The van der Waals surface area contributed by atoms with Gasteiger partial charge in [0.25, 0.3) is 0 Å². The van der Waals surface area contributed by atoms with E-state index in [1.165, 1.54) is 25.7 Å². The largest absolute Gasteiger partial charge is 0.345 e. The van der Waals surface area contributed by atoms with E-state index < -0.39 is 0 Å². The van der Waals surface area contributed by atoms with Crippen LogP contribution >= 0.6 is 0 Å². The molecular formula is C13H25N3O. The molecule has 0 saturated heterocycles. The normalized spacial score (nSPS) is 19.7. The van der Waals surface area contributed by atoms with Crippen molar-refractivity contribution in [1.29, 1.82) is 0 Å². The average Bonchev–Trinajstić information content (AvgIpc) is 3.16. The maximum atomic E-state index is 12.0. The van der Waals surface area contributed by atoms with Crippen LogP contribution in [0.3, 0.4) is 0 Å². The molecule has 0 radical (unpaired) electrons. The molecule has 0 aromatic heterocycles. The highest BCUT2D eigenvalue weighted by atomic mass is 16.2. The molecule has 2 N–H and O–H groups in total. The van der Waals surface area contributed by atoms with Crippen molar-refractivity contribution < 1.29 is 4.79 Å². The third-order valence-corrected chi connectivity index (χ3v) is 3.71. The van der Waals surface area contributed by atoms with Crippen LogP contribution in [-0.2, 0) is 4.79 Å². The van der Waals surface area contributed by atoms with Crippen molar-refractivity contribution in [1.82, 2.24) is 9.80 Å². The molecule has 2 rings (SSSR count). The van der Waals surface area contributed by atoms with Gasteiger partial charge < -0.3 is 10.6 Å². The molecule has 0 aliphatic heterocycles. The van der Waals surface area contributed by atoms with Gasteiger partial charge in [-0.15, -0.1) is 0 Å². The van der Waals surface area contributed by atoms with Crippen LogP contribution in [0.2, 0.25) is 0 Å². The molecule has 0 aromatic carbocycles. The lowest BCUT2D eigenvalue weighted by atomic mass is 10.3. The molecule has 0 atom stereocenters. The summed E-state index contributed by atoms with van der Waals surface area (Å²) >= 11 is 0. The number of hydrogen-bond donors (Lipinski definition) is 1. The van der Waals surface area contributed by atoms with Gasteiger partial charge in [-0.3, -0.25) is 9.69 Å². The summed E-state index contributed by atoms with van der Waals surface area (Å²) in [6.45, 7) is 3.20. The van der Waals surface area contributed by atoms with Crippen molar-refractivity contribution in [2.24, 2.45) is 11.7 Å². The number of likely N-dealkylation sites (N-methyl/N-ethyl adjacent to an activating group) is 1. The summed E-state index contributed by atoms with van der Waals surface area (Å²) in [7, 11) is 1.89. The van der Waals surface area contributed by atoms with Crippen molar-refractivity contribution in [2.75, 3.05) is 33.2 Å². The highest BCUT2D eigenvalue weighted by Gasteiger charge is 2.34. The fraction of sp³-hybridized carbons (Fsp3) is 0.923. The lowest BCUT2D eigenvalue weighted by Crippen LogP contribution is -2.41. The van der Waals surface area contributed by atoms with Gasteiger partial charge in [0, 0.05) is 26.2 Å². The summed E-state index contributed by atoms with van der Waals surface area (Å²) in [4.78, 5) is 16.3. The molecule has 2 saturated carbocycles. The van der Waals surface area contributed by atoms with Crippen LogP contribution in [0.25, 0.3) is 0 Å². The highest BCUT2D eigenvalue weighted by Crippen LogP contribution is 2.34. The first kappa shape index (κ1) is 12.8. The van der Waals surface area contributed by atoms with Crippen LogP contribution in [0, 0.1) is 5.92 Å². The Morgan fingerprint density at radius 3 is 2.53 bits per heavy atom. The van der Waals surface area contributed by atoms with Crippen LogP contribution in [0.1, 0.15) is 32.1 Å². The number of hydrogen-bond acceptors (Lipinski definition) is 3. The Kier molecular flexibility index (Phi) is 4.40. The summed E-state index contributed by atoms with van der Waals surface area (Å²) in [6.07, 6.45) is 6.19. The number of carbonyl (C=O) groups excluding carboxylic acids is 1. The standard InChI is InChI=1S/C13H25N3O/c1-15(8-2-7-14)13(17)10-16(12-5-6-12)9-11-3-4-11/h11-12H,2-10,14H2,1H3. The zero-order valence-electron chi connectivity index (χ0n) is 10.9. The molecule has 0 spiro atoms. The second-order valence-corrected chi connectivity index (χ2v) is 5.56. The minimum absolute atomic E-state index is 0.256. The molecule has 4 nitrogen and oxygen atoms in total. The van der Waals surface area contributed by atoms with E-state index in [9.17, 15) is 4.79 Å². The van der Waals surface area contributed by atoms with E-state index in [4.69, 9.17) is 5.73 Å². The maximum Gasteiger partial charge on any atom is 0.236 e. The molecular weight excluding hydrogens is 214 g/mol. The number of nitrogens with two attached hydrogens (primary N) is 1. The van der Waals surface area contributed by atoms with E-state index in [0.29, 0.717) is 19.1 Å². The quantitative estimate of drug-likeness (QED) is 0.677. The lowest BCUT2D eigenvalue weighted by Gasteiger charge is -2.24. The van der Waals surface area contributed by atoms with Gasteiger partial charge in [0.1, 0.15) is 0 Å². The van der Waals surface area contributed by atoms with E-state index in [-0.39, 0.29) is 5.91 Å². The second-order valence-electron chi connectivity index (χ2n) is 5.56. The Bertz CT molecular complexity index is 261. The number of nitrogens with zero attached hydrogens (tertiary/aromatic N) is 2. The molecule has 0 unspecified atom stereocenters. The van der Waals surface area contributed by atoms with E-state index in [1.807, 2.05) is 11.9 Å². The summed E-state index contributed by atoms with van der Waals surface area (Å²) < 4.78 is 0. The van der Waals surface area contributed by atoms with E-state index in [1.54, 1.807) is 0 Å². The Hall–Kier alpha value is -0.610. The van der Waals surface area contributed by atoms with E-state index in [2.05, 4.69) is 4.90 Å². The third kappa shape index (κ3) is 4.28. The Morgan fingerprint density at radius 2 is 2.00 bits per heavy atom. The molecule has 0 aromatic rings. The third-order valence-electron chi connectivity index (χ3n) is 3.71. The van der Waals surface area contributed by atoms with Gasteiger partial charge in [0.15, 0.2) is 0 Å². The minimum atomic E-state index is 0.256. The maximum absolute atomic E-state index is 12.0. The smallest absolute Gasteiger partial charge is 0.236 e. The van der Waals surface area contributed by atoms with Crippen molar-refractivity contribution in [3.63, 3.8) is 0 Å². The average molecular weight is 239 g/mol. The van der Waals surface area contributed by atoms with Gasteiger partial charge in [-0.05, 0) is 44.6 Å². The molecule has 98 valence electrons. The number of carbonyl (C=O) groups is 1. The van der Waals surface area contributed by atoms with E-state index in [0.717, 1.165) is 25.4 Å². The predicted octanol–water partition coefficient (Wildman–Crippen LogP) is 0.668. The molecule has 0 bridgehead atoms. The monoisotopic (exact) mass is 239 g/mol. The number of amides is 1. The number of rotatable bonds is 8. The summed E-state index contributed by atoms with van der Waals surface area (Å²) in [5.74, 6) is 1.13. The molecule has 0 heterocycles. The zero-order chi connectivity index (χ0) is 12.3. The zero-order valence-corrected chi connectivity index (χ0v) is 10.9. The molecule has 1 amide bonds. The molecule has 17 heavy (non-hydrogen) atoms. The fourth-order valence-corrected chi connectivity index (χ4v) is 2.16. The Balaban J connectivity index is 1.73. The van der Waals surface area contributed by atoms with E-state index >= 15 is 0 Å². The fourth-order valence-electron chi connectivity index (χ4n) is 2.16. The minimum Gasteiger partial charge on any atom is -0.345 e. The second kappa shape index (κ2) is 5.83. The Labute approximate surface area is 104 Å². The summed E-state index contributed by atoms with van der Waals surface area (Å²) in [6, 6.07) is 0.697. The van der Waals surface area contributed by atoms with Crippen molar-refractivity contribution in [2.45, 2.75) is 38.1 Å². The first-order valence-corrected chi connectivity index (χ1v) is 6.88. The van der Waals surface area contributed by atoms with Crippen LogP contribution < -0.4 is 5.73 Å². The molecule has 4 heteroatoms. The summed E-state index contributed by atoms with van der Waals surface area (Å²) in [5.41, 5.74) is 5.46. The van der Waals surface area contributed by atoms with Gasteiger partial charge in [-0.25, -0.2) is 0 Å². The van der Waals surface area contributed by atoms with Crippen molar-refractivity contribution >= 4 is 5.91 Å². The van der Waals surface area contributed by atoms with Gasteiger partial charge in [0.2, 0.25) is 5.91 Å².